The van der Waals surface area contributed by atoms with Crippen LogP contribution in [0.3, 0.4) is 0 Å². The Bertz CT molecular complexity index is 639. The molecule has 1 aromatic rings. The van der Waals surface area contributed by atoms with Gasteiger partial charge in [-0.15, -0.1) is 0 Å². The number of hydrogen-bond donors (Lipinski definition) is 1. The van der Waals surface area contributed by atoms with E-state index in [1.54, 1.807) is 0 Å². The van der Waals surface area contributed by atoms with Gasteiger partial charge in [-0.25, -0.2) is 0 Å². The quantitative estimate of drug-likeness (QED) is 0.619. The smallest absolute Gasteiger partial charge is 0.299 e. The van der Waals surface area contributed by atoms with Gasteiger partial charge in [0.05, 0.1) is 22.5 Å². The number of nitro groups is 2. The first-order chi connectivity index (χ1) is 12.0. The zero-order valence-corrected chi connectivity index (χ0v) is 13.9. The van der Waals surface area contributed by atoms with Crippen molar-refractivity contribution in [3.05, 3.63) is 38.4 Å². The molecule has 9 nitrogen and oxygen atoms in total. The summed E-state index contributed by atoms with van der Waals surface area (Å²) in [5.41, 5.74) is -0.177. The van der Waals surface area contributed by atoms with Gasteiger partial charge in [0.15, 0.2) is 0 Å². The van der Waals surface area contributed by atoms with Gasteiger partial charge in [0.2, 0.25) is 0 Å². The van der Waals surface area contributed by atoms with Gasteiger partial charge >= 0.3 is 0 Å². The van der Waals surface area contributed by atoms with Crippen molar-refractivity contribution in [2.24, 2.45) is 5.92 Å². The molecule has 1 N–H and O–H groups in total. The van der Waals surface area contributed by atoms with Crippen molar-refractivity contribution >= 4 is 17.1 Å². The predicted molar refractivity (Wildman–Crippen MR) is 91.8 cm³/mol. The van der Waals surface area contributed by atoms with Crippen LogP contribution in [0.1, 0.15) is 19.3 Å². The molecule has 2 aliphatic rings. The highest BCUT2D eigenvalue weighted by Gasteiger charge is 2.26. The molecule has 0 radical (unpaired) electrons. The minimum absolute atomic E-state index is 0.135. The summed E-state index contributed by atoms with van der Waals surface area (Å²) in [6.45, 7) is 4.62. The summed E-state index contributed by atoms with van der Waals surface area (Å²) in [6.07, 6.45) is 2.90. The summed E-state index contributed by atoms with van der Waals surface area (Å²) in [7, 11) is 0. The van der Waals surface area contributed by atoms with Gasteiger partial charge in [-0.1, -0.05) is 0 Å². The third-order valence-electron chi connectivity index (χ3n) is 4.88. The molecule has 1 unspecified atom stereocenters. The Morgan fingerprint density at radius 3 is 2.52 bits per heavy atom. The Kier molecular flexibility index (Phi) is 5.44. The second kappa shape index (κ2) is 7.75. The van der Waals surface area contributed by atoms with E-state index in [1.807, 2.05) is 0 Å². The molecule has 2 fully saturated rings. The van der Waals surface area contributed by atoms with Crippen molar-refractivity contribution in [3.8, 4) is 0 Å². The van der Waals surface area contributed by atoms with Crippen LogP contribution in [0.2, 0.25) is 0 Å². The maximum atomic E-state index is 11.2. The average molecular weight is 350 g/mol. The van der Waals surface area contributed by atoms with Crippen molar-refractivity contribution in [2.75, 3.05) is 38.2 Å². The second-order valence-electron chi connectivity index (χ2n) is 6.66. The molecule has 0 bridgehead atoms. The molecule has 25 heavy (non-hydrogen) atoms. The van der Waals surface area contributed by atoms with Gasteiger partial charge in [-0.2, -0.15) is 0 Å². The molecule has 0 aromatic heterocycles. The van der Waals surface area contributed by atoms with Crippen LogP contribution in [-0.2, 0) is 4.74 Å². The van der Waals surface area contributed by atoms with E-state index in [-0.39, 0.29) is 17.4 Å². The summed E-state index contributed by atoms with van der Waals surface area (Å²) in [4.78, 5) is 23.2. The first-order valence-corrected chi connectivity index (χ1v) is 8.52. The molecular weight excluding hydrogens is 328 g/mol. The Morgan fingerprint density at radius 2 is 1.92 bits per heavy atom. The lowest BCUT2D eigenvalue weighted by Gasteiger charge is -2.33. The Hall–Kier alpha value is -2.26. The van der Waals surface area contributed by atoms with Gasteiger partial charge in [0.1, 0.15) is 5.69 Å². The van der Waals surface area contributed by atoms with Crippen LogP contribution in [0, 0.1) is 26.1 Å². The molecule has 0 spiro atoms. The number of anilines is 1. The summed E-state index contributed by atoms with van der Waals surface area (Å²) in [5, 5.41) is 25.2. The Labute approximate surface area is 145 Å². The number of ether oxygens (including phenoxy) is 1. The standard InChI is InChI=1S/C16H22N4O5/c21-19(22)14-1-2-15(16(9-14)20(23)24)17-13-3-6-18(7-4-13)10-12-5-8-25-11-12/h1-2,9,12-13,17H,3-8,10-11H2. The zero-order valence-electron chi connectivity index (χ0n) is 13.9. The van der Waals surface area contributed by atoms with Crippen LogP contribution >= 0.6 is 0 Å². The average Bonchev–Trinajstić information content (AvgIpc) is 3.09. The van der Waals surface area contributed by atoms with Gasteiger partial charge in [0, 0.05) is 38.3 Å². The third-order valence-corrected chi connectivity index (χ3v) is 4.88. The largest absolute Gasteiger partial charge is 0.381 e. The number of hydrogen-bond acceptors (Lipinski definition) is 7. The number of nitro benzene ring substituents is 2. The Balaban J connectivity index is 1.58. The lowest BCUT2D eigenvalue weighted by atomic mass is 10.0. The maximum absolute atomic E-state index is 11.2. The van der Waals surface area contributed by atoms with Crippen LogP contribution in [0.4, 0.5) is 17.1 Å². The summed E-state index contributed by atoms with van der Waals surface area (Å²) in [6, 6.07) is 3.87. The van der Waals surface area contributed by atoms with Gasteiger partial charge in [-0.3, -0.25) is 20.2 Å². The lowest BCUT2D eigenvalue weighted by Crippen LogP contribution is -2.41. The van der Waals surface area contributed by atoms with Crippen LogP contribution < -0.4 is 5.32 Å². The fourth-order valence-corrected chi connectivity index (χ4v) is 3.48. The van der Waals surface area contributed by atoms with E-state index < -0.39 is 9.85 Å². The molecule has 136 valence electrons. The van der Waals surface area contributed by atoms with Crippen molar-refractivity contribution in [2.45, 2.75) is 25.3 Å². The molecule has 0 saturated carbocycles. The molecule has 2 heterocycles. The van der Waals surface area contributed by atoms with Crippen LogP contribution in [0.5, 0.6) is 0 Å². The van der Waals surface area contributed by atoms with Crippen molar-refractivity contribution < 1.29 is 14.6 Å². The predicted octanol–water partition coefficient (Wildman–Crippen LogP) is 2.42. The summed E-state index contributed by atoms with van der Waals surface area (Å²) < 4.78 is 5.41. The molecule has 1 atom stereocenters. The van der Waals surface area contributed by atoms with E-state index in [0.29, 0.717) is 11.6 Å². The normalized spacial score (nSPS) is 22.0. The maximum Gasteiger partial charge on any atom is 0.299 e. The first-order valence-electron chi connectivity index (χ1n) is 8.52. The summed E-state index contributed by atoms with van der Waals surface area (Å²) in [5.74, 6) is 0.611. The second-order valence-corrected chi connectivity index (χ2v) is 6.66. The topological polar surface area (TPSA) is 111 Å². The minimum atomic E-state index is -0.623. The SMILES string of the molecule is O=[N+]([O-])c1ccc(NC2CCN(CC3CCOC3)CC2)c([N+](=O)[O-])c1. The van der Waals surface area contributed by atoms with E-state index in [0.717, 1.165) is 58.2 Å². The molecule has 0 aliphatic carbocycles. The van der Waals surface area contributed by atoms with Crippen molar-refractivity contribution in [1.82, 2.24) is 4.90 Å². The zero-order chi connectivity index (χ0) is 17.8. The van der Waals surface area contributed by atoms with Gasteiger partial charge < -0.3 is 15.0 Å². The van der Waals surface area contributed by atoms with Crippen molar-refractivity contribution in [3.63, 3.8) is 0 Å². The molecule has 3 rings (SSSR count). The van der Waals surface area contributed by atoms with Crippen LogP contribution in [0.25, 0.3) is 0 Å². The van der Waals surface area contributed by atoms with E-state index in [2.05, 4.69) is 10.2 Å². The van der Waals surface area contributed by atoms with Crippen LogP contribution in [-0.4, -0.2) is 53.6 Å². The Morgan fingerprint density at radius 1 is 1.16 bits per heavy atom. The molecule has 9 heteroatoms. The van der Waals surface area contributed by atoms with E-state index >= 15 is 0 Å². The van der Waals surface area contributed by atoms with Gasteiger partial charge in [-0.05, 0) is 31.2 Å². The minimum Gasteiger partial charge on any atom is -0.381 e. The number of benzene rings is 1. The molecule has 0 amide bonds. The first kappa shape index (κ1) is 17.6. The molecule has 1 aromatic carbocycles. The number of rotatable bonds is 6. The monoisotopic (exact) mass is 350 g/mol. The summed E-state index contributed by atoms with van der Waals surface area (Å²) >= 11 is 0. The number of non-ortho nitro benzene ring substituents is 1. The third kappa shape index (κ3) is 4.43. The van der Waals surface area contributed by atoms with Gasteiger partial charge in [0.25, 0.3) is 11.4 Å². The number of nitrogens with one attached hydrogen (secondary N) is 1. The molecular formula is C16H22N4O5. The van der Waals surface area contributed by atoms with Crippen molar-refractivity contribution in [1.29, 1.82) is 0 Å². The fourth-order valence-electron chi connectivity index (χ4n) is 3.48. The fraction of sp³-hybridized carbons (Fsp3) is 0.625. The van der Waals surface area contributed by atoms with E-state index in [1.165, 1.54) is 12.1 Å². The highest BCUT2D eigenvalue weighted by atomic mass is 16.6. The number of likely N-dealkylation sites (tertiary alicyclic amines) is 1. The number of nitrogens with zero attached hydrogens (tertiary/aromatic N) is 3. The van der Waals surface area contributed by atoms with Crippen LogP contribution in [0.15, 0.2) is 18.2 Å². The number of piperidine rings is 1. The molecule has 2 saturated heterocycles. The highest BCUT2D eigenvalue weighted by molar-refractivity contribution is 5.65. The molecule has 2 aliphatic heterocycles. The van der Waals surface area contributed by atoms with E-state index in [4.69, 9.17) is 4.74 Å². The lowest BCUT2D eigenvalue weighted by molar-refractivity contribution is -0.393. The highest BCUT2D eigenvalue weighted by Crippen LogP contribution is 2.30. The van der Waals surface area contributed by atoms with E-state index in [9.17, 15) is 20.2 Å².